The Balaban J connectivity index is 1.69. The van der Waals surface area contributed by atoms with Crippen molar-refractivity contribution in [2.75, 3.05) is 36.0 Å². The van der Waals surface area contributed by atoms with Crippen LogP contribution in [0.3, 0.4) is 0 Å². The first kappa shape index (κ1) is 14.1. The molecule has 1 aliphatic rings. The quantitative estimate of drug-likeness (QED) is 0.363. The van der Waals surface area contributed by atoms with E-state index in [0.29, 0.717) is 5.56 Å². The lowest BCUT2D eigenvalue weighted by molar-refractivity contribution is 0.318. The Morgan fingerprint density at radius 2 is 1.73 bits per heavy atom. The topological polar surface area (TPSA) is 104 Å². The van der Waals surface area contributed by atoms with Crippen molar-refractivity contribution < 1.29 is 5.21 Å². The number of amidine groups is 1. The van der Waals surface area contributed by atoms with E-state index in [0.717, 1.165) is 37.9 Å². The van der Waals surface area contributed by atoms with Gasteiger partial charge >= 0.3 is 0 Å². The van der Waals surface area contributed by atoms with Crippen molar-refractivity contribution in [3.8, 4) is 0 Å². The summed E-state index contributed by atoms with van der Waals surface area (Å²) in [4.78, 5) is 17.2. The third-order valence-corrected chi connectivity index (χ3v) is 3.59. The number of pyridine rings is 1. The van der Waals surface area contributed by atoms with E-state index in [2.05, 4.69) is 29.9 Å². The van der Waals surface area contributed by atoms with E-state index in [1.54, 1.807) is 24.7 Å². The van der Waals surface area contributed by atoms with E-state index in [9.17, 15) is 0 Å². The molecule has 1 saturated heterocycles. The van der Waals surface area contributed by atoms with E-state index < -0.39 is 0 Å². The molecule has 0 aromatic carbocycles. The Kier molecular flexibility index (Phi) is 3.99. The third-order valence-electron chi connectivity index (χ3n) is 3.59. The van der Waals surface area contributed by atoms with Crippen LogP contribution < -0.4 is 15.5 Å². The van der Waals surface area contributed by atoms with Gasteiger partial charge in [-0.15, -0.1) is 0 Å². The normalized spacial score (nSPS) is 15.9. The maximum Gasteiger partial charge on any atom is 0.225 e. The maximum atomic E-state index is 8.76. The van der Waals surface area contributed by atoms with Crippen molar-refractivity contribution in [1.82, 2.24) is 15.0 Å². The van der Waals surface area contributed by atoms with Gasteiger partial charge in [0.15, 0.2) is 5.84 Å². The van der Waals surface area contributed by atoms with Crippen LogP contribution in [0.25, 0.3) is 0 Å². The number of oxime groups is 1. The summed E-state index contributed by atoms with van der Waals surface area (Å²) in [7, 11) is 0. The van der Waals surface area contributed by atoms with Crippen LogP contribution in [0.5, 0.6) is 0 Å². The van der Waals surface area contributed by atoms with Crippen LogP contribution in [0.2, 0.25) is 0 Å². The average Bonchev–Trinajstić information content (AvgIpc) is 2.62. The largest absolute Gasteiger partial charge is 0.409 e. The smallest absolute Gasteiger partial charge is 0.225 e. The highest BCUT2D eigenvalue weighted by molar-refractivity contribution is 5.97. The van der Waals surface area contributed by atoms with Gasteiger partial charge in [0.2, 0.25) is 5.95 Å². The molecule has 8 nitrogen and oxygen atoms in total. The van der Waals surface area contributed by atoms with E-state index in [1.165, 1.54) is 0 Å². The molecular weight excluding hydrogens is 282 g/mol. The fraction of sp³-hybridized carbons (Fsp3) is 0.286. The van der Waals surface area contributed by atoms with Gasteiger partial charge in [0.05, 0.1) is 0 Å². The number of piperazine rings is 1. The molecule has 0 radical (unpaired) electrons. The summed E-state index contributed by atoms with van der Waals surface area (Å²) in [6.07, 6.45) is 5.16. The highest BCUT2D eigenvalue weighted by Crippen LogP contribution is 2.17. The van der Waals surface area contributed by atoms with Crippen LogP contribution in [-0.4, -0.2) is 52.2 Å². The molecule has 0 unspecified atom stereocenters. The minimum atomic E-state index is 0.0833. The van der Waals surface area contributed by atoms with Gasteiger partial charge in [0.1, 0.15) is 5.82 Å². The first-order valence-electron chi connectivity index (χ1n) is 6.99. The molecule has 1 aliphatic heterocycles. The second-order valence-electron chi connectivity index (χ2n) is 4.91. The molecule has 0 bridgehead atoms. The molecule has 8 heteroatoms. The Morgan fingerprint density at radius 3 is 2.41 bits per heavy atom. The van der Waals surface area contributed by atoms with Crippen molar-refractivity contribution in [1.29, 1.82) is 0 Å². The SMILES string of the molecule is N/C(=N\O)c1ccnc(N2CCN(c3ncccn3)CC2)c1. The number of rotatable bonds is 3. The molecule has 114 valence electrons. The zero-order valence-corrected chi connectivity index (χ0v) is 12.0. The van der Waals surface area contributed by atoms with E-state index in [-0.39, 0.29) is 5.84 Å². The number of hydrogen-bond donors (Lipinski definition) is 2. The summed E-state index contributed by atoms with van der Waals surface area (Å²) < 4.78 is 0. The van der Waals surface area contributed by atoms with Crippen molar-refractivity contribution in [3.63, 3.8) is 0 Å². The molecule has 2 aromatic rings. The molecule has 22 heavy (non-hydrogen) atoms. The molecule has 0 spiro atoms. The van der Waals surface area contributed by atoms with Crippen LogP contribution in [0, 0.1) is 0 Å². The molecule has 0 atom stereocenters. The Bertz CT molecular complexity index is 653. The first-order chi connectivity index (χ1) is 10.8. The fourth-order valence-electron chi connectivity index (χ4n) is 2.40. The predicted octanol–water partition coefficient (Wildman–Crippen LogP) is 0.293. The first-order valence-corrected chi connectivity index (χ1v) is 6.99. The van der Waals surface area contributed by atoms with Crippen molar-refractivity contribution in [2.24, 2.45) is 10.9 Å². The number of aromatic nitrogens is 3. The average molecular weight is 299 g/mol. The van der Waals surface area contributed by atoms with E-state index in [4.69, 9.17) is 10.9 Å². The van der Waals surface area contributed by atoms with Gasteiger partial charge in [-0.3, -0.25) is 0 Å². The molecule has 0 amide bonds. The van der Waals surface area contributed by atoms with Gasteiger partial charge in [-0.05, 0) is 18.2 Å². The monoisotopic (exact) mass is 299 g/mol. The zero-order chi connectivity index (χ0) is 15.4. The summed E-state index contributed by atoms with van der Waals surface area (Å²) in [6.45, 7) is 3.26. The van der Waals surface area contributed by atoms with Gasteiger partial charge in [0.25, 0.3) is 0 Å². The standard InChI is InChI=1S/C14H17N7O/c15-13(19-22)11-2-5-16-12(10-11)20-6-8-21(9-7-20)14-17-3-1-4-18-14/h1-5,10,22H,6-9H2,(H2,15,19). The minimum absolute atomic E-state index is 0.0833. The molecule has 3 heterocycles. The van der Waals surface area contributed by atoms with Crippen molar-refractivity contribution in [3.05, 3.63) is 42.4 Å². The molecule has 3 rings (SSSR count). The number of nitrogens with zero attached hydrogens (tertiary/aromatic N) is 6. The molecular formula is C14H17N7O. The Hall–Kier alpha value is -2.90. The van der Waals surface area contributed by atoms with E-state index >= 15 is 0 Å². The van der Waals surface area contributed by atoms with Gasteiger partial charge in [0, 0.05) is 50.3 Å². The lowest BCUT2D eigenvalue weighted by Crippen LogP contribution is -2.47. The number of nitrogens with two attached hydrogens (primary N) is 1. The maximum absolute atomic E-state index is 8.76. The fourth-order valence-corrected chi connectivity index (χ4v) is 2.40. The van der Waals surface area contributed by atoms with Gasteiger partial charge in [-0.2, -0.15) is 0 Å². The summed E-state index contributed by atoms with van der Waals surface area (Å²) >= 11 is 0. The van der Waals surface area contributed by atoms with Crippen LogP contribution in [0.1, 0.15) is 5.56 Å². The summed E-state index contributed by atoms with van der Waals surface area (Å²) in [5.74, 6) is 1.65. The van der Waals surface area contributed by atoms with Crippen molar-refractivity contribution >= 4 is 17.6 Å². The highest BCUT2D eigenvalue weighted by Gasteiger charge is 2.20. The van der Waals surface area contributed by atoms with Crippen LogP contribution in [-0.2, 0) is 0 Å². The molecule has 2 aromatic heterocycles. The molecule has 0 saturated carbocycles. The molecule has 3 N–H and O–H groups in total. The number of anilines is 2. The zero-order valence-electron chi connectivity index (χ0n) is 12.0. The lowest BCUT2D eigenvalue weighted by Gasteiger charge is -2.35. The van der Waals surface area contributed by atoms with Crippen LogP contribution in [0.4, 0.5) is 11.8 Å². The van der Waals surface area contributed by atoms with Gasteiger partial charge in [-0.1, -0.05) is 5.16 Å². The summed E-state index contributed by atoms with van der Waals surface area (Å²) in [6, 6.07) is 5.35. The Labute approximate surface area is 127 Å². The van der Waals surface area contributed by atoms with Gasteiger partial charge in [-0.25, -0.2) is 15.0 Å². The van der Waals surface area contributed by atoms with Crippen LogP contribution >= 0.6 is 0 Å². The van der Waals surface area contributed by atoms with Crippen LogP contribution in [0.15, 0.2) is 41.9 Å². The predicted molar refractivity (Wildman–Crippen MR) is 83.2 cm³/mol. The summed E-state index contributed by atoms with van der Waals surface area (Å²) in [5.41, 5.74) is 6.27. The molecule has 0 aliphatic carbocycles. The second-order valence-corrected chi connectivity index (χ2v) is 4.91. The van der Waals surface area contributed by atoms with E-state index in [1.807, 2.05) is 12.1 Å². The minimum Gasteiger partial charge on any atom is -0.409 e. The summed E-state index contributed by atoms with van der Waals surface area (Å²) in [5, 5.41) is 11.8. The second kappa shape index (κ2) is 6.25. The molecule has 1 fully saturated rings. The Morgan fingerprint density at radius 1 is 1.05 bits per heavy atom. The third kappa shape index (κ3) is 2.90. The number of hydrogen-bond acceptors (Lipinski definition) is 7. The van der Waals surface area contributed by atoms with Gasteiger partial charge < -0.3 is 20.7 Å². The lowest BCUT2D eigenvalue weighted by atomic mass is 10.2. The van der Waals surface area contributed by atoms with Crippen molar-refractivity contribution in [2.45, 2.75) is 0 Å². The highest BCUT2D eigenvalue weighted by atomic mass is 16.4.